The maximum Gasteiger partial charge on any atom is 0.340 e. The Bertz CT molecular complexity index is 596. The Morgan fingerprint density at radius 1 is 1.22 bits per heavy atom. The van der Waals surface area contributed by atoms with Gasteiger partial charge in [-0.15, -0.1) is 0 Å². The number of benzene rings is 2. The van der Waals surface area contributed by atoms with Gasteiger partial charge in [-0.3, -0.25) is 0 Å². The van der Waals surface area contributed by atoms with E-state index >= 15 is 0 Å². The molecule has 0 fully saturated rings. The Morgan fingerprint density at radius 2 is 1.94 bits per heavy atom. The fourth-order valence-corrected chi connectivity index (χ4v) is 1.90. The van der Waals surface area contributed by atoms with Gasteiger partial charge in [0.1, 0.15) is 5.82 Å². The van der Waals surface area contributed by atoms with E-state index in [1.165, 1.54) is 19.2 Å². The van der Waals surface area contributed by atoms with Crippen molar-refractivity contribution in [3.8, 4) is 11.1 Å². The van der Waals surface area contributed by atoms with E-state index in [0.717, 1.165) is 5.56 Å². The molecule has 2 aromatic rings. The Labute approximate surface area is 109 Å². The third-order valence-electron chi connectivity index (χ3n) is 2.56. The van der Waals surface area contributed by atoms with E-state index in [2.05, 4.69) is 4.74 Å². The van der Waals surface area contributed by atoms with Crippen LogP contribution in [0.4, 0.5) is 4.39 Å². The lowest BCUT2D eigenvalue weighted by Gasteiger charge is -2.07. The van der Waals surface area contributed by atoms with Gasteiger partial charge in [-0.25, -0.2) is 9.18 Å². The standard InChI is InChI=1S/C14H10ClFO2/c1-18-14(17)11-8-9(6-7-13(11)16)10-4-2-3-5-12(10)15/h2-8H,1H3. The van der Waals surface area contributed by atoms with Crippen LogP contribution in [0.15, 0.2) is 42.5 Å². The summed E-state index contributed by atoms with van der Waals surface area (Å²) >= 11 is 6.05. The third kappa shape index (κ3) is 2.36. The molecule has 0 N–H and O–H groups in total. The van der Waals surface area contributed by atoms with Crippen molar-refractivity contribution in [3.05, 3.63) is 58.9 Å². The summed E-state index contributed by atoms with van der Waals surface area (Å²) in [6.07, 6.45) is 0. The summed E-state index contributed by atoms with van der Waals surface area (Å²) in [6, 6.07) is 11.4. The molecule has 0 heterocycles. The van der Waals surface area contributed by atoms with Gasteiger partial charge in [-0.1, -0.05) is 35.9 Å². The van der Waals surface area contributed by atoms with Crippen LogP contribution in [0.5, 0.6) is 0 Å². The molecule has 0 saturated heterocycles. The number of esters is 1. The first-order valence-electron chi connectivity index (χ1n) is 5.26. The fraction of sp³-hybridized carbons (Fsp3) is 0.0714. The van der Waals surface area contributed by atoms with Gasteiger partial charge in [-0.2, -0.15) is 0 Å². The zero-order valence-electron chi connectivity index (χ0n) is 9.61. The van der Waals surface area contributed by atoms with E-state index in [0.29, 0.717) is 10.6 Å². The average molecular weight is 265 g/mol. The Balaban J connectivity index is 2.54. The second-order valence-corrected chi connectivity index (χ2v) is 4.07. The van der Waals surface area contributed by atoms with Crippen molar-refractivity contribution in [2.24, 2.45) is 0 Å². The highest BCUT2D eigenvalue weighted by atomic mass is 35.5. The fourth-order valence-electron chi connectivity index (χ4n) is 1.65. The molecule has 0 atom stereocenters. The minimum Gasteiger partial charge on any atom is -0.465 e. The van der Waals surface area contributed by atoms with Crippen LogP contribution in [0.2, 0.25) is 5.02 Å². The SMILES string of the molecule is COC(=O)c1cc(-c2ccccc2Cl)ccc1F. The number of hydrogen-bond donors (Lipinski definition) is 0. The van der Waals surface area contributed by atoms with Gasteiger partial charge >= 0.3 is 5.97 Å². The summed E-state index contributed by atoms with van der Waals surface area (Å²) in [5.74, 6) is -1.32. The molecule has 92 valence electrons. The summed E-state index contributed by atoms with van der Waals surface area (Å²) in [5.41, 5.74) is 1.31. The van der Waals surface area contributed by atoms with Crippen molar-refractivity contribution in [1.82, 2.24) is 0 Å². The number of rotatable bonds is 2. The van der Waals surface area contributed by atoms with Crippen LogP contribution in [-0.2, 0) is 4.74 Å². The van der Waals surface area contributed by atoms with Gasteiger partial charge in [0.15, 0.2) is 0 Å². The molecule has 0 amide bonds. The normalized spacial score (nSPS) is 10.2. The molecule has 2 aromatic carbocycles. The summed E-state index contributed by atoms with van der Waals surface area (Å²) in [4.78, 5) is 11.4. The Morgan fingerprint density at radius 3 is 2.61 bits per heavy atom. The predicted molar refractivity (Wildman–Crippen MR) is 68.2 cm³/mol. The highest BCUT2D eigenvalue weighted by Crippen LogP contribution is 2.28. The number of hydrogen-bond acceptors (Lipinski definition) is 2. The second kappa shape index (κ2) is 5.19. The summed E-state index contributed by atoms with van der Waals surface area (Å²) in [5, 5.41) is 0.542. The van der Waals surface area contributed by atoms with Crippen LogP contribution in [-0.4, -0.2) is 13.1 Å². The maximum atomic E-state index is 13.5. The molecule has 0 radical (unpaired) electrons. The van der Waals surface area contributed by atoms with Gasteiger partial charge in [-0.05, 0) is 23.8 Å². The van der Waals surface area contributed by atoms with E-state index in [1.54, 1.807) is 24.3 Å². The van der Waals surface area contributed by atoms with Crippen molar-refractivity contribution in [2.45, 2.75) is 0 Å². The molecule has 0 aliphatic rings. The first kappa shape index (κ1) is 12.6. The minimum atomic E-state index is -0.707. The highest BCUT2D eigenvalue weighted by Gasteiger charge is 2.14. The zero-order chi connectivity index (χ0) is 13.1. The molecule has 2 nitrogen and oxygen atoms in total. The molecular weight excluding hydrogens is 255 g/mol. The summed E-state index contributed by atoms with van der Waals surface area (Å²) < 4.78 is 18.0. The van der Waals surface area contributed by atoms with Crippen molar-refractivity contribution >= 4 is 17.6 Å². The lowest BCUT2D eigenvalue weighted by atomic mass is 10.0. The number of halogens is 2. The molecule has 0 unspecified atom stereocenters. The molecule has 2 rings (SSSR count). The smallest absolute Gasteiger partial charge is 0.340 e. The lowest BCUT2D eigenvalue weighted by molar-refractivity contribution is 0.0595. The Kier molecular flexibility index (Phi) is 3.63. The van der Waals surface area contributed by atoms with Gasteiger partial charge in [0.2, 0.25) is 0 Å². The zero-order valence-corrected chi connectivity index (χ0v) is 10.4. The lowest BCUT2D eigenvalue weighted by Crippen LogP contribution is -2.04. The minimum absolute atomic E-state index is 0.102. The monoisotopic (exact) mass is 264 g/mol. The predicted octanol–water partition coefficient (Wildman–Crippen LogP) is 3.93. The van der Waals surface area contributed by atoms with Crippen molar-refractivity contribution in [2.75, 3.05) is 7.11 Å². The van der Waals surface area contributed by atoms with Crippen LogP contribution in [0, 0.1) is 5.82 Å². The van der Waals surface area contributed by atoms with Gasteiger partial charge in [0.25, 0.3) is 0 Å². The summed E-state index contributed by atoms with van der Waals surface area (Å²) in [6.45, 7) is 0. The van der Waals surface area contributed by atoms with Crippen molar-refractivity contribution < 1.29 is 13.9 Å². The Hall–Kier alpha value is -1.87. The van der Waals surface area contributed by atoms with Crippen LogP contribution >= 0.6 is 11.6 Å². The number of ether oxygens (including phenoxy) is 1. The topological polar surface area (TPSA) is 26.3 Å². The molecule has 0 aromatic heterocycles. The maximum absolute atomic E-state index is 13.5. The van der Waals surface area contributed by atoms with Crippen LogP contribution in [0.3, 0.4) is 0 Å². The van der Waals surface area contributed by atoms with Crippen molar-refractivity contribution in [1.29, 1.82) is 0 Å². The number of methoxy groups -OCH3 is 1. The van der Waals surface area contributed by atoms with Crippen LogP contribution < -0.4 is 0 Å². The highest BCUT2D eigenvalue weighted by molar-refractivity contribution is 6.33. The molecular formula is C14H10ClFO2. The van der Waals surface area contributed by atoms with Gasteiger partial charge < -0.3 is 4.74 Å². The van der Waals surface area contributed by atoms with E-state index in [-0.39, 0.29) is 5.56 Å². The van der Waals surface area contributed by atoms with E-state index < -0.39 is 11.8 Å². The van der Waals surface area contributed by atoms with E-state index in [1.807, 2.05) is 6.07 Å². The van der Waals surface area contributed by atoms with Crippen molar-refractivity contribution in [3.63, 3.8) is 0 Å². The number of carbonyl (C=O) groups excluding carboxylic acids is 1. The van der Waals surface area contributed by atoms with Gasteiger partial charge in [0, 0.05) is 10.6 Å². The van der Waals surface area contributed by atoms with E-state index in [4.69, 9.17) is 11.6 Å². The molecule has 0 bridgehead atoms. The summed E-state index contributed by atoms with van der Waals surface area (Å²) in [7, 11) is 1.21. The first-order valence-corrected chi connectivity index (χ1v) is 5.64. The number of carbonyl (C=O) groups is 1. The largest absolute Gasteiger partial charge is 0.465 e. The molecule has 0 saturated carbocycles. The van der Waals surface area contributed by atoms with E-state index in [9.17, 15) is 9.18 Å². The van der Waals surface area contributed by atoms with Gasteiger partial charge in [0.05, 0.1) is 12.7 Å². The molecule has 0 aliphatic carbocycles. The molecule has 0 aliphatic heterocycles. The molecule has 0 spiro atoms. The quantitative estimate of drug-likeness (QED) is 0.768. The molecule has 18 heavy (non-hydrogen) atoms. The average Bonchev–Trinajstić information content (AvgIpc) is 2.39. The van der Waals surface area contributed by atoms with Crippen LogP contribution in [0.25, 0.3) is 11.1 Å². The van der Waals surface area contributed by atoms with Crippen LogP contribution in [0.1, 0.15) is 10.4 Å². The second-order valence-electron chi connectivity index (χ2n) is 3.67. The third-order valence-corrected chi connectivity index (χ3v) is 2.89. The first-order chi connectivity index (χ1) is 8.63. The molecule has 4 heteroatoms.